The molecule has 0 spiro atoms. The van der Waals surface area contributed by atoms with Gasteiger partial charge in [-0.25, -0.2) is 0 Å². The zero-order chi connectivity index (χ0) is 19.1. The molecule has 0 bridgehead atoms. The molecule has 1 saturated heterocycles. The summed E-state index contributed by atoms with van der Waals surface area (Å²) in [6.07, 6.45) is 9.26. The lowest BCUT2D eigenvalue weighted by atomic mass is 9.94. The number of benzene rings is 1. The van der Waals surface area contributed by atoms with Crippen molar-refractivity contribution in [2.45, 2.75) is 63.8 Å². The molecule has 2 amide bonds. The molecule has 2 fully saturated rings. The third-order valence-corrected chi connectivity index (χ3v) is 5.90. The highest BCUT2D eigenvalue weighted by atomic mass is 16.5. The van der Waals surface area contributed by atoms with Gasteiger partial charge in [-0.2, -0.15) is 0 Å². The quantitative estimate of drug-likeness (QED) is 0.712. The number of nitrogens with one attached hydrogen (secondary N) is 1. The number of unbranched alkanes of at least 4 members (excludes halogenated alkanes) is 1. The van der Waals surface area contributed by atoms with Crippen molar-refractivity contribution in [3.8, 4) is 5.75 Å². The molecule has 0 aromatic heterocycles. The highest BCUT2D eigenvalue weighted by Crippen LogP contribution is 2.28. The second-order valence-corrected chi connectivity index (χ2v) is 7.84. The molecule has 148 valence electrons. The van der Waals surface area contributed by atoms with Crippen LogP contribution in [0.4, 0.5) is 0 Å². The second-order valence-electron chi connectivity index (χ2n) is 7.84. The fourth-order valence-electron chi connectivity index (χ4n) is 4.26. The third kappa shape index (κ3) is 5.47. The predicted molar refractivity (Wildman–Crippen MR) is 106 cm³/mol. The third-order valence-electron chi connectivity index (χ3n) is 5.90. The Bertz CT molecular complexity index is 623. The number of amides is 2. The Morgan fingerprint density at radius 3 is 2.59 bits per heavy atom. The molecule has 1 saturated carbocycles. The minimum absolute atomic E-state index is 0.0473. The minimum Gasteiger partial charge on any atom is -0.497 e. The van der Waals surface area contributed by atoms with E-state index in [4.69, 9.17) is 4.74 Å². The maximum Gasteiger partial charge on any atom is 0.225 e. The molecule has 1 aromatic carbocycles. The molecule has 1 aliphatic carbocycles. The van der Waals surface area contributed by atoms with Crippen LogP contribution in [0.2, 0.25) is 0 Å². The van der Waals surface area contributed by atoms with Crippen molar-refractivity contribution < 1.29 is 14.3 Å². The van der Waals surface area contributed by atoms with Crippen molar-refractivity contribution >= 4 is 11.8 Å². The minimum atomic E-state index is -0.166. The summed E-state index contributed by atoms with van der Waals surface area (Å²) in [7, 11) is 1.67. The van der Waals surface area contributed by atoms with E-state index in [0.29, 0.717) is 25.6 Å². The first-order valence-corrected chi connectivity index (χ1v) is 10.4. The molecule has 27 heavy (non-hydrogen) atoms. The molecule has 1 unspecified atom stereocenters. The summed E-state index contributed by atoms with van der Waals surface area (Å²) < 4.78 is 5.17. The maximum atomic E-state index is 12.4. The molecule has 1 aliphatic heterocycles. The van der Waals surface area contributed by atoms with E-state index in [1.54, 1.807) is 7.11 Å². The van der Waals surface area contributed by atoms with E-state index in [1.807, 2.05) is 17.0 Å². The standard InChI is InChI=1S/C22H32N2O3/c1-27-20-12-10-17(11-13-20)7-5-6-14-23-22(26)18-15-21(25)24(16-18)19-8-3-2-4-9-19/h10-13,18-19H,2-9,14-16H2,1H3,(H,23,26). The molecule has 3 rings (SSSR count). The van der Waals surface area contributed by atoms with Crippen LogP contribution in [0, 0.1) is 5.92 Å². The van der Waals surface area contributed by atoms with Crippen LogP contribution in [0.1, 0.15) is 56.9 Å². The van der Waals surface area contributed by atoms with Crippen LogP contribution in [-0.4, -0.2) is 43.0 Å². The maximum absolute atomic E-state index is 12.4. The van der Waals surface area contributed by atoms with Gasteiger partial charge in [-0.05, 0) is 49.8 Å². The van der Waals surface area contributed by atoms with Crippen molar-refractivity contribution in [3.05, 3.63) is 29.8 Å². The van der Waals surface area contributed by atoms with Gasteiger partial charge in [0, 0.05) is 25.6 Å². The summed E-state index contributed by atoms with van der Waals surface area (Å²) in [6, 6.07) is 8.50. The monoisotopic (exact) mass is 372 g/mol. The Hall–Kier alpha value is -2.04. The fraction of sp³-hybridized carbons (Fsp3) is 0.636. The van der Waals surface area contributed by atoms with Gasteiger partial charge in [-0.3, -0.25) is 9.59 Å². The number of carbonyl (C=O) groups is 2. The zero-order valence-electron chi connectivity index (χ0n) is 16.4. The Morgan fingerprint density at radius 2 is 1.89 bits per heavy atom. The van der Waals surface area contributed by atoms with Crippen molar-refractivity contribution in [1.29, 1.82) is 0 Å². The molecule has 5 heteroatoms. The van der Waals surface area contributed by atoms with Gasteiger partial charge in [0.05, 0.1) is 13.0 Å². The summed E-state index contributed by atoms with van der Waals surface area (Å²) in [5.41, 5.74) is 1.28. The van der Waals surface area contributed by atoms with Gasteiger partial charge < -0.3 is 15.0 Å². The number of ether oxygens (including phenoxy) is 1. The van der Waals surface area contributed by atoms with Crippen molar-refractivity contribution in [2.24, 2.45) is 5.92 Å². The van der Waals surface area contributed by atoms with Crippen molar-refractivity contribution in [2.75, 3.05) is 20.2 Å². The van der Waals surface area contributed by atoms with Crippen molar-refractivity contribution in [3.63, 3.8) is 0 Å². The van der Waals surface area contributed by atoms with Crippen LogP contribution >= 0.6 is 0 Å². The topological polar surface area (TPSA) is 58.6 Å². The number of likely N-dealkylation sites (tertiary alicyclic amines) is 1. The fourth-order valence-corrected chi connectivity index (χ4v) is 4.26. The van der Waals surface area contributed by atoms with Crippen LogP contribution < -0.4 is 10.1 Å². The summed E-state index contributed by atoms with van der Waals surface area (Å²) in [5, 5.41) is 3.04. The van der Waals surface area contributed by atoms with E-state index < -0.39 is 0 Å². The highest BCUT2D eigenvalue weighted by molar-refractivity contribution is 5.89. The number of hydrogen-bond acceptors (Lipinski definition) is 3. The van der Waals surface area contributed by atoms with E-state index in [0.717, 1.165) is 37.9 Å². The summed E-state index contributed by atoms with van der Waals surface area (Å²) in [4.78, 5) is 26.7. The van der Waals surface area contributed by atoms with Gasteiger partial charge >= 0.3 is 0 Å². The molecular weight excluding hydrogens is 340 g/mol. The predicted octanol–water partition coefficient (Wildman–Crippen LogP) is 3.32. The first-order valence-electron chi connectivity index (χ1n) is 10.4. The van der Waals surface area contributed by atoms with Gasteiger partial charge in [0.25, 0.3) is 0 Å². The van der Waals surface area contributed by atoms with E-state index >= 15 is 0 Å². The number of hydrogen-bond donors (Lipinski definition) is 1. The lowest BCUT2D eigenvalue weighted by molar-refractivity contribution is -0.130. The largest absolute Gasteiger partial charge is 0.497 e. The lowest BCUT2D eigenvalue weighted by Crippen LogP contribution is -2.39. The second kappa shape index (κ2) is 9.77. The van der Waals surface area contributed by atoms with E-state index in [1.165, 1.54) is 24.8 Å². The first-order chi connectivity index (χ1) is 13.2. The number of methoxy groups -OCH3 is 1. The molecule has 1 heterocycles. The average Bonchev–Trinajstić information content (AvgIpc) is 3.10. The molecule has 1 aromatic rings. The molecular formula is C22H32N2O3. The first kappa shape index (κ1) is 19.7. The van der Waals surface area contributed by atoms with E-state index in [9.17, 15) is 9.59 Å². The van der Waals surface area contributed by atoms with Crippen LogP contribution in [0.5, 0.6) is 5.75 Å². The molecule has 1 N–H and O–H groups in total. The molecule has 5 nitrogen and oxygen atoms in total. The number of carbonyl (C=O) groups excluding carboxylic acids is 2. The molecule has 1 atom stereocenters. The Labute approximate surface area is 162 Å². The number of aryl methyl sites for hydroxylation is 1. The lowest BCUT2D eigenvalue weighted by Gasteiger charge is -2.31. The van der Waals surface area contributed by atoms with Crippen LogP contribution in [0.3, 0.4) is 0 Å². The molecule has 0 radical (unpaired) electrons. The van der Waals surface area contributed by atoms with Gasteiger partial charge in [-0.1, -0.05) is 31.4 Å². The van der Waals surface area contributed by atoms with E-state index in [-0.39, 0.29) is 17.7 Å². The van der Waals surface area contributed by atoms with E-state index in [2.05, 4.69) is 17.4 Å². The number of nitrogens with zero attached hydrogens (tertiary/aromatic N) is 1. The van der Waals surface area contributed by atoms with Crippen LogP contribution in [0.15, 0.2) is 24.3 Å². The van der Waals surface area contributed by atoms with Gasteiger partial charge in [0.2, 0.25) is 11.8 Å². The van der Waals surface area contributed by atoms with Gasteiger partial charge in [0.15, 0.2) is 0 Å². The molecule has 2 aliphatic rings. The smallest absolute Gasteiger partial charge is 0.225 e. The summed E-state index contributed by atoms with van der Waals surface area (Å²) >= 11 is 0. The van der Waals surface area contributed by atoms with Crippen LogP contribution in [-0.2, 0) is 16.0 Å². The zero-order valence-corrected chi connectivity index (χ0v) is 16.4. The Morgan fingerprint density at radius 1 is 1.15 bits per heavy atom. The summed E-state index contributed by atoms with van der Waals surface area (Å²) in [5.74, 6) is 0.924. The highest BCUT2D eigenvalue weighted by Gasteiger charge is 2.37. The summed E-state index contributed by atoms with van der Waals surface area (Å²) in [6.45, 7) is 1.30. The van der Waals surface area contributed by atoms with Gasteiger partial charge in [-0.15, -0.1) is 0 Å². The SMILES string of the molecule is COc1ccc(CCCCNC(=O)C2CC(=O)N(C3CCCCC3)C2)cc1. The Kier molecular flexibility index (Phi) is 7.13. The van der Waals surface area contributed by atoms with Gasteiger partial charge in [0.1, 0.15) is 5.75 Å². The Balaban J connectivity index is 1.33. The number of rotatable bonds is 8. The average molecular weight is 373 g/mol. The van der Waals surface area contributed by atoms with Crippen molar-refractivity contribution in [1.82, 2.24) is 10.2 Å². The van der Waals surface area contributed by atoms with Crippen LogP contribution in [0.25, 0.3) is 0 Å². The normalized spacial score (nSPS) is 20.7.